The van der Waals surface area contributed by atoms with Crippen LogP contribution in [0.5, 0.6) is 0 Å². The van der Waals surface area contributed by atoms with Gasteiger partial charge in [-0.15, -0.1) is 0 Å². The van der Waals surface area contributed by atoms with Crippen molar-refractivity contribution in [3.63, 3.8) is 0 Å². The molecule has 0 saturated carbocycles. The van der Waals surface area contributed by atoms with Crippen LogP contribution in [-0.4, -0.2) is 0 Å². The summed E-state index contributed by atoms with van der Waals surface area (Å²) in [4.78, 5) is 0. The van der Waals surface area contributed by atoms with Gasteiger partial charge in [0, 0.05) is 18.2 Å². The van der Waals surface area contributed by atoms with Crippen LogP contribution in [0.25, 0.3) is 0 Å². The fourth-order valence-electron chi connectivity index (χ4n) is 2.24. The molecular formula is C18H21F2N. The fourth-order valence-corrected chi connectivity index (χ4v) is 2.24. The molecule has 0 heterocycles. The summed E-state index contributed by atoms with van der Waals surface area (Å²) in [7, 11) is 0. The van der Waals surface area contributed by atoms with E-state index in [9.17, 15) is 8.78 Å². The smallest absolute Gasteiger partial charge is 0.130 e. The van der Waals surface area contributed by atoms with E-state index < -0.39 is 11.6 Å². The lowest BCUT2D eigenvalue weighted by Crippen LogP contribution is -2.19. The maximum absolute atomic E-state index is 13.6. The summed E-state index contributed by atoms with van der Waals surface area (Å²) in [5, 5.41) is 3.17. The van der Waals surface area contributed by atoms with Crippen molar-refractivity contribution in [1.82, 2.24) is 5.32 Å². The van der Waals surface area contributed by atoms with Crippen molar-refractivity contribution in [3.05, 3.63) is 70.8 Å². The van der Waals surface area contributed by atoms with E-state index in [-0.39, 0.29) is 18.2 Å². The quantitative estimate of drug-likeness (QED) is 0.822. The fraction of sp³-hybridized carbons (Fsp3) is 0.333. The molecule has 0 aliphatic rings. The van der Waals surface area contributed by atoms with E-state index >= 15 is 0 Å². The summed E-state index contributed by atoms with van der Waals surface area (Å²) >= 11 is 0. The first-order chi connectivity index (χ1) is 9.99. The predicted molar refractivity (Wildman–Crippen MR) is 82.1 cm³/mol. The Hall–Kier alpha value is -1.74. The maximum atomic E-state index is 13.6. The molecule has 0 saturated heterocycles. The molecule has 21 heavy (non-hydrogen) atoms. The van der Waals surface area contributed by atoms with Crippen LogP contribution in [-0.2, 0) is 6.54 Å². The van der Waals surface area contributed by atoms with Gasteiger partial charge in [0.25, 0.3) is 0 Å². The van der Waals surface area contributed by atoms with Crippen LogP contribution in [0, 0.1) is 11.6 Å². The van der Waals surface area contributed by atoms with Crippen LogP contribution in [0.4, 0.5) is 8.78 Å². The third-order valence-electron chi connectivity index (χ3n) is 3.75. The Bertz CT molecular complexity index is 570. The number of hydrogen-bond acceptors (Lipinski definition) is 1. The first kappa shape index (κ1) is 15.6. The first-order valence-corrected chi connectivity index (χ1v) is 7.25. The Morgan fingerprint density at radius 3 is 1.90 bits per heavy atom. The van der Waals surface area contributed by atoms with Gasteiger partial charge in [0.15, 0.2) is 0 Å². The molecule has 0 amide bonds. The second-order valence-electron chi connectivity index (χ2n) is 5.62. The van der Waals surface area contributed by atoms with Crippen LogP contribution in [0.2, 0.25) is 0 Å². The molecule has 2 aromatic carbocycles. The highest BCUT2D eigenvalue weighted by Crippen LogP contribution is 2.19. The molecule has 0 spiro atoms. The summed E-state index contributed by atoms with van der Waals surface area (Å²) in [6.45, 7) is 6.46. The van der Waals surface area contributed by atoms with E-state index in [1.165, 1.54) is 23.8 Å². The zero-order chi connectivity index (χ0) is 15.4. The molecule has 2 rings (SSSR count). The van der Waals surface area contributed by atoms with Gasteiger partial charge >= 0.3 is 0 Å². The average Bonchev–Trinajstić information content (AvgIpc) is 2.46. The van der Waals surface area contributed by atoms with E-state index in [1.807, 2.05) is 6.92 Å². The largest absolute Gasteiger partial charge is 0.306 e. The zero-order valence-electron chi connectivity index (χ0n) is 12.7. The number of halogens is 2. The van der Waals surface area contributed by atoms with Gasteiger partial charge in [-0.25, -0.2) is 8.78 Å². The lowest BCUT2D eigenvalue weighted by molar-refractivity contribution is 0.509. The molecule has 0 bridgehead atoms. The van der Waals surface area contributed by atoms with E-state index in [0.29, 0.717) is 5.92 Å². The minimum atomic E-state index is -0.509. The van der Waals surface area contributed by atoms with Gasteiger partial charge in [-0.05, 0) is 36.1 Å². The third kappa shape index (κ3) is 3.88. The van der Waals surface area contributed by atoms with Crippen molar-refractivity contribution >= 4 is 0 Å². The molecule has 0 aromatic heterocycles. The van der Waals surface area contributed by atoms with Gasteiger partial charge in [0.05, 0.1) is 0 Å². The van der Waals surface area contributed by atoms with Crippen molar-refractivity contribution in [3.8, 4) is 0 Å². The first-order valence-electron chi connectivity index (χ1n) is 7.25. The molecule has 3 heteroatoms. The molecule has 1 atom stereocenters. The Morgan fingerprint density at radius 2 is 1.38 bits per heavy atom. The topological polar surface area (TPSA) is 12.0 Å². The van der Waals surface area contributed by atoms with Gasteiger partial charge in [-0.1, -0.05) is 44.2 Å². The molecule has 1 nitrogen and oxygen atoms in total. The zero-order valence-corrected chi connectivity index (χ0v) is 12.7. The van der Waals surface area contributed by atoms with Gasteiger partial charge in [-0.2, -0.15) is 0 Å². The second kappa shape index (κ2) is 6.81. The normalized spacial score (nSPS) is 12.7. The maximum Gasteiger partial charge on any atom is 0.130 e. The molecule has 112 valence electrons. The van der Waals surface area contributed by atoms with Crippen LogP contribution in [0.3, 0.4) is 0 Å². The molecule has 0 aliphatic carbocycles. The number of hydrogen-bond donors (Lipinski definition) is 1. The summed E-state index contributed by atoms with van der Waals surface area (Å²) in [6.07, 6.45) is 0. The highest BCUT2D eigenvalue weighted by atomic mass is 19.1. The molecule has 0 fully saturated rings. The van der Waals surface area contributed by atoms with E-state index in [2.05, 4.69) is 43.4 Å². The van der Waals surface area contributed by atoms with Crippen molar-refractivity contribution in [1.29, 1.82) is 0 Å². The standard InChI is InChI=1S/C18H21F2N/c1-12(2)14-7-9-15(10-8-14)13(3)21-11-16-17(19)5-4-6-18(16)20/h4-10,12-13,21H,11H2,1-3H3. The van der Waals surface area contributed by atoms with Crippen molar-refractivity contribution in [2.24, 2.45) is 0 Å². The van der Waals surface area contributed by atoms with E-state index in [1.54, 1.807) is 0 Å². The Morgan fingerprint density at radius 1 is 0.857 bits per heavy atom. The molecular weight excluding hydrogens is 268 g/mol. The Balaban J connectivity index is 2.03. The highest BCUT2D eigenvalue weighted by Gasteiger charge is 2.11. The van der Waals surface area contributed by atoms with Gasteiger partial charge in [0.1, 0.15) is 11.6 Å². The van der Waals surface area contributed by atoms with Crippen molar-refractivity contribution in [2.75, 3.05) is 0 Å². The molecule has 1 unspecified atom stereocenters. The predicted octanol–water partition coefficient (Wildman–Crippen LogP) is 4.94. The lowest BCUT2D eigenvalue weighted by atomic mass is 9.99. The van der Waals surface area contributed by atoms with Crippen LogP contribution in [0.1, 0.15) is 49.4 Å². The minimum absolute atomic E-state index is 0.0326. The minimum Gasteiger partial charge on any atom is -0.306 e. The van der Waals surface area contributed by atoms with Crippen molar-refractivity contribution < 1.29 is 8.78 Å². The van der Waals surface area contributed by atoms with Crippen LogP contribution >= 0.6 is 0 Å². The third-order valence-corrected chi connectivity index (χ3v) is 3.75. The molecule has 1 N–H and O–H groups in total. The number of benzene rings is 2. The highest BCUT2D eigenvalue weighted by molar-refractivity contribution is 5.27. The Labute approximate surface area is 125 Å². The SMILES string of the molecule is CC(C)c1ccc(C(C)NCc2c(F)cccc2F)cc1. The lowest BCUT2D eigenvalue weighted by Gasteiger charge is -2.16. The summed E-state index contributed by atoms with van der Waals surface area (Å²) < 4.78 is 27.1. The van der Waals surface area contributed by atoms with Crippen LogP contribution in [0.15, 0.2) is 42.5 Å². The van der Waals surface area contributed by atoms with Gasteiger partial charge in [0.2, 0.25) is 0 Å². The number of nitrogens with one attached hydrogen (secondary N) is 1. The summed E-state index contributed by atoms with van der Waals surface area (Å²) in [5.74, 6) is -0.524. The number of rotatable bonds is 5. The van der Waals surface area contributed by atoms with E-state index in [4.69, 9.17) is 0 Å². The van der Waals surface area contributed by atoms with Crippen molar-refractivity contribution in [2.45, 2.75) is 39.3 Å². The average molecular weight is 289 g/mol. The monoisotopic (exact) mass is 289 g/mol. The molecule has 0 radical (unpaired) electrons. The van der Waals surface area contributed by atoms with Gasteiger partial charge in [-0.3, -0.25) is 0 Å². The summed E-state index contributed by atoms with van der Waals surface area (Å²) in [6, 6.07) is 12.3. The molecule has 0 aliphatic heterocycles. The molecule has 2 aromatic rings. The van der Waals surface area contributed by atoms with Crippen LogP contribution < -0.4 is 5.32 Å². The van der Waals surface area contributed by atoms with Gasteiger partial charge < -0.3 is 5.32 Å². The second-order valence-corrected chi connectivity index (χ2v) is 5.62. The Kier molecular flexibility index (Phi) is 5.07. The summed E-state index contributed by atoms with van der Waals surface area (Å²) in [5.41, 5.74) is 2.48. The van der Waals surface area contributed by atoms with E-state index in [0.717, 1.165) is 5.56 Å².